The van der Waals surface area contributed by atoms with E-state index in [1.807, 2.05) is 0 Å². The first-order valence-electron chi connectivity index (χ1n) is 6.25. The van der Waals surface area contributed by atoms with Gasteiger partial charge in [0.2, 0.25) is 0 Å². The van der Waals surface area contributed by atoms with Gasteiger partial charge in [-0.2, -0.15) is 0 Å². The van der Waals surface area contributed by atoms with Crippen LogP contribution in [0.25, 0.3) is 0 Å². The van der Waals surface area contributed by atoms with Crippen molar-refractivity contribution in [3.05, 3.63) is 0 Å². The van der Waals surface area contributed by atoms with Gasteiger partial charge in [-0.05, 0) is 19.4 Å². The van der Waals surface area contributed by atoms with E-state index in [1.165, 1.54) is 12.8 Å². The number of hydrogen-bond acceptors (Lipinski definition) is 3. The summed E-state index contributed by atoms with van der Waals surface area (Å²) in [5.74, 6) is 0.825. The monoisotopic (exact) mass is 214 g/mol. The molecule has 0 radical (unpaired) electrons. The molecule has 90 valence electrons. The maximum atomic E-state index is 5.79. The van der Waals surface area contributed by atoms with Gasteiger partial charge >= 0.3 is 0 Å². The van der Waals surface area contributed by atoms with E-state index in [2.05, 4.69) is 31.4 Å². The Bertz CT molecular complexity index is 165. The van der Waals surface area contributed by atoms with Crippen molar-refractivity contribution in [3.63, 3.8) is 0 Å². The average molecular weight is 214 g/mol. The molecule has 15 heavy (non-hydrogen) atoms. The molecule has 0 aromatic heterocycles. The van der Waals surface area contributed by atoms with Crippen molar-refractivity contribution in [3.8, 4) is 0 Å². The van der Waals surface area contributed by atoms with Crippen molar-refractivity contribution in [1.29, 1.82) is 0 Å². The zero-order chi connectivity index (χ0) is 11.1. The summed E-state index contributed by atoms with van der Waals surface area (Å²) >= 11 is 0. The van der Waals surface area contributed by atoms with Gasteiger partial charge < -0.3 is 15.4 Å². The molecular formula is C12H26N2O. The van der Waals surface area contributed by atoms with Crippen LogP contribution in [0.3, 0.4) is 0 Å². The van der Waals surface area contributed by atoms with Crippen LogP contribution in [0.15, 0.2) is 0 Å². The van der Waals surface area contributed by atoms with Crippen molar-refractivity contribution >= 4 is 0 Å². The standard InChI is InChI=1S/C12H26N2O/c1-4-11(5-2)8-13-6-7-15-12(3)9-14-10-12/h11,13-14H,4-10H2,1-3H3. The van der Waals surface area contributed by atoms with Crippen LogP contribution < -0.4 is 10.6 Å². The molecule has 0 unspecified atom stereocenters. The molecule has 1 fully saturated rings. The van der Waals surface area contributed by atoms with Crippen LogP contribution in [0.4, 0.5) is 0 Å². The van der Waals surface area contributed by atoms with Gasteiger partial charge in [-0.25, -0.2) is 0 Å². The maximum absolute atomic E-state index is 5.79. The van der Waals surface area contributed by atoms with Crippen LogP contribution in [-0.2, 0) is 4.74 Å². The summed E-state index contributed by atoms with van der Waals surface area (Å²) in [5, 5.41) is 6.70. The first-order valence-corrected chi connectivity index (χ1v) is 6.25. The highest BCUT2D eigenvalue weighted by molar-refractivity contribution is 4.90. The molecule has 0 saturated carbocycles. The zero-order valence-corrected chi connectivity index (χ0v) is 10.4. The molecule has 0 bridgehead atoms. The van der Waals surface area contributed by atoms with E-state index < -0.39 is 0 Å². The van der Waals surface area contributed by atoms with Crippen LogP contribution in [0, 0.1) is 5.92 Å². The van der Waals surface area contributed by atoms with Crippen LogP contribution in [0.5, 0.6) is 0 Å². The summed E-state index contributed by atoms with van der Waals surface area (Å²) in [6, 6.07) is 0. The molecule has 1 saturated heterocycles. The van der Waals surface area contributed by atoms with Crippen molar-refractivity contribution in [2.45, 2.75) is 39.2 Å². The van der Waals surface area contributed by atoms with E-state index in [9.17, 15) is 0 Å². The Morgan fingerprint density at radius 2 is 2.00 bits per heavy atom. The first kappa shape index (κ1) is 12.9. The molecule has 0 amide bonds. The van der Waals surface area contributed by atoms with Gasteiger partial charge in [0, 0.05) is 19.6 Å². The third kappa shape index (κ3) is 4.49. The normalized spacial score (nSPS) is 19.2. The fourth-order valence-electron chi connectivity index (χ4n) is 1.83. The summed E-state index contributed by atoms with van der Waals surface area (Å²) < 4.78 is 5.79. The maximum Gasteiger partial charge on any atom is 0.0902 e. The molecule has 0 aromatic rings. The van der Waals surface area contributed by atoms with E-state index >= 15 is 0 Å². The van der Waals surface area contributed by atoms with Gasteiger partial charge in [0.15, 0.2) is 0 Å². The topological polar surface area (TPSA) is 33.3 Å². The smallest absolute Gasteiger partial charge is 0.0902 e. The van der Waals surface area contributed by atoms with Crippen LogP contribution in [-0.4, -0.2) is 38.4 Å². The van der Waals surface area contributed by atoms with E-state index in [1.54, 1.807) is 0 Å². The molecular weight excluding hydrogens is 188 g/mol. The molecule has 0 spiro atoms. The van der Waals surface area contributed by atoms with E-state index in [4.69, 9.17) is 4.74 Å². The van der Waals surface area contributed by atoms with Crippen LogP contribution in [0.2, 0.25) is 0 Å². The van der Waals surface area contributed by atoms with Gasteiger partial charge in [0.1, 0.15) is 0 Å². The molecule has 1 aliphatic heterocycles. The van der Waals surface area contributed by atoms with Gasteiger partial charge in [0.05, 0.1) is 12.2 Å². The van der Waals surface area contributed by atoms with Gasteiger partial charge in [-0.1, -0.05) is 26.7 Å². The third-order valence-electron chi connectivity index (χ3n) is 3.31. The highest BCUT2D eigenvalue weighted by Gasteiger charge is 2.31. The molecule has 0 aliphatic carbocycles. The lowest BCUT2D eigenvalue weighted by Crippen LogP contribution is -2.59. The van der Waals surface area contributed by atoms with E-state index in [-0.39, 0.29) is 5.60 Å². The summed E-state index contributed by atoms with van der Waals surface area (Å²) in [6.07, 6.45) is 2.54. The van der Waals surface area contributed by atoms with Crippen molar-refractivity contribution in [2.24, 2.45) is 5.92 Å². The summed E-state index contributed by atoms with van der Waals surface area (Å²) in [6.45, 7) is 11.6. The second-order valence-electron chi connectivity index (χ2n) is 4.79. The number of ether oxygens (including phenoxy) is 1. The van der Waals surface area contributed by atoms with E-state index in [0.717, 1.165) is 38.7 Å². The molecule has 1 rings (SSSR count). The largest absolute Gasteiger partial charge is 0.371 e. The van der Waals surface area contributed by atoms with Crippen LogP contribution in [0.1, 0.15) is 33.6 Å². The Morgan fingerprint density at radius 1 is 1.33 bits per heavy atom. The second kappa shape index (κ2) is 6.46. The first-order chi connectivity index (χ1) is 7.20. The van der Waals surface area contributed by atoms with Gasteiger partial charge in [-0.15, -0.1) is 0 Å². The molecule has 3 heteroatoms. The number of hydrogen-bond donors (Lipinski definition) is 2. The molecule has 0 atom stereocenters. The number of rotatable bonds is 8. The quantitative estimate of drug-likeness (QED) is 0.599. The van der Waals surface area contributed by atoms with Crippen molar-refractivity contribution < 1.29 is 4.74 Å². The fourth-order valence-corrected chi connectivity index (χ4v) is 1.83. The zero-order valence-electron chi connectivity index (χ0n) is 10.4. The van der Waals surface area contributed by atoms with Gasteiger partial charge in [0.25, 0.3) is 0 Å². The Balaban J connectivity index is 1.92. The summed E-state index contributed by atoms with van der Waals surface area (Å²) in [7, 11) is 0. The highest BCUT2D eigenvalue weighted by atomic mass is 16.5. The Morgan fingerprint density at radius 3 is 2.47 bits per heavy atom. The minimum atomic E-state index is 0.108. The summed E-state index contributed by atoms with van der Waals surface area (Å²) in [4.78, 5) is 0. The second-order valence-corrected chi connectivity index (χ2v) is 4.79. The lowest BCUT2D eigenvalue weighted by molar-refractivity contribution is -0.0649. The molecule has 2 N–H and O–H groups in total. The minimum absolute atomic E-state index is 0.108. The highest BCUT2D eigenvalue weighted by Crippen LogP contribution is 2.14. The Kier molecular flexibility index (Phi) is 5.58. The average Bonchev–Trinajstić information content (AvgIpc) is 2.21. The third-order valence-corrected chi connectivity index (χ3v) is 3.31. The predicted octanol–water partition coefficient (Wildman–Crippen LogP) is 1.39. The SMILES string of the molecule is CCC(CC)CNCCOC1(C)CNC1. The molecule has 0 aromatic carbocycles. The minimum Gasteiger partial charge on any atom is -0.371 e. The van der Waals surface area contributed by atoms with Gasteiger partial charge in [-0.3, -0.25) is 0 Å². The molecule has 3 nitrogen and oxygen atoms in total. The van der Waals surface area contributed by atoms with Crippen LogP contribution >= 0.6 is 0 Å². The lowest BCUT2D eigenvalue weighted by atomic mass is 10.0. The predicted molar refractivity (Wildman–Crippen MR) is 64.2 cm³/mol. The molecule has 1 heterocycles. The van der Waals surface area contributed by atoms with Crippen molar-refractivity contribution in [2.75, 3.05) is 32.8 Å². The molecule has 1 aliphatic rings. The Labute approximate surface area is 94.0 Å². The lowest BCUT2D eigenvalue weighted by Gasteiger charge is -2.39. The van der Waals surface area contributed by atoms with Crippen molar-refractivity contribution in [1.82, 2.24) is 10.6 Å². The Hall–Kier alpha value is -0.120. The number of nitrogens with one attached hydrogen (secondary N) is 2. The summed E-state index contributed by atoms with van der Waals surface area (Å²) in [5.41, 5.74) is 0.108. The fraction of sp³-hybridized carbons (Fsp3) is 1.00. The van der Waals surface area contributed by atoms with E-state index in [0.29, 0.717) is 0 Å².